The zero-order valence-electron chi connectivity index (χ0n) is 17.5. The van der Waals surface area contributed by atoms with Gasteiger partial charge in [-0.1, -0.05) is 12.5 Å². The average Bonchev–Trinajstić information content (AvgIpc) is 2.80. The molecule has 4 atom stereocenters. The van der Waals surface area contributed by atoms with Crippen LogP contribution in [0.1, 0.15) is 25.7 Å². The van der Waals surface area contributed by atoms with Crippen molar-refractivity contribution in [2.75, 3.05) is 0 Å². The van der Waals surface area contributed by atoms with E-state index < -0.39 is 18.0 Å². The highest BCUT2D eigenvalue weighted by Crippen LogP contribution is 2.33. The average molecular weight is 438 g/mol. The van der Waals surface area contributed by atoms with Crippen LogP contribution in [0.5, 0.6) is 11.6 Å². The van der Waals surface area contributed by atoms with Crippen molar-refractivity contribution in [3.63, 3.8) is 0 Å². The Morgan fingerprint density at radius 3 is 2.84 bits per heavy atom. The molecule has 5 rings (SSSR count). The Morgan fingerprint density at radius 2 is 2.09 bits per heavy atom. The number of nitrogens with zero attached hydrogens (tertiary/aromatic N) is 5. The molecular weight excluding hydrogens is 415 g/mol. The number of benzene rings is 1. The maximum absolute atomic E-state index is 14.7. The molecule has 0 aliphatic carbocycles. The Bertz CT molecular complexity index is 1190. The van der Waals surface area contributed by atoms with Gasteiger partial charge in [0, 0.05) is 42.7 Å². The Kier molecular flexibility index (Phi) is 5.30. The highest BCUT2D eigenvalue weighted by atomic mass is 19.1. The lowest BCUT2D eigenvalue weighted by atomic mass is 9.84. The Balaban J connectivity index is 1.32. The first-order chi connectivity index (χ1) is 15.5. The molecule has 32 heavy (non-hydrogen) atoms. The van der Waals surface area contributed by atoms with E-state index in [0.717, 1.165) is 19.3 Å². The third-order valence-electron chi connectivity index (χ3n) is 6.07. The van der Waals surface area contributed by atoms with Crippen molar-refractivity contribution in [2.45, 2.75) is 50.0 Å². The smallest absolute Gasteiger partial charge is 0.350 e. The van der Waals surface area contributed by atoms with Crippen molar-refractivity contribution in [1.82, 2.24) is 30.0 Å². The molecule has 2 aromatic heterocycles. The van der Waals surface area contributed by atoms with E-state index in [-0.39, 0.29) is 29.5 Å². The van der Waals surface area contributed by atoms with E-state index in [4.69, 9.17) is 4.74 Å². The molecule has 0 saturated carbocycles. The lowest BCUT2D eigenvalue weighted by Crippen LogP contribution is -2.59. The molecule has 2 fully saturated rings. The molecule has 2 saturated heterocycles. The van der Waals surface area contributed by atoms with E-state index >= 15 is 0 Å². The number of phenolic OH excluding ortho intramolecular Hbond substituents is 1. The van der Waals surface area contributed by atoms with Crippen LogP contribution in [-0.4, -0.2) is 54.2 Å². The zero-order chi connectivity index (χ0) is 22.2. The molecule has 0 spiro atoms. The van der Waals surface area contributed by atoms with E-state index in [0.29, 0.717) is 23.2 Å². The first-order valence-corrected chi connectivity index (χ1v) is 10.6. The quantitative estimate of drug-likeness (QED) is 0.636. The largest absolute Gasteiger partial charge is 0.507 e. The van der Waals surface area contributed by atoms with Gasteiger partial charge >= 0.3 is 5.69 Å². The number of ether oxygens (including phenoxy) is 1. The van der Waals surface area contributed by atoms with E-state index in [1.165, 1.54) is 17.0 Å². The number of halogens is 1. The van der Waals surface area contributed by atoms with E-state index in [1.54, 1.807) is 31.3 Å². The van der Waals surface area contributed by atoms with Crippen LogP contribution >= 0.6 is 0 Å². The van der Waals surface area contributed by atoms with Crippen molar-refractivity contribution in [3.05, 3.63) is 47.1 Å². The third kappa shape index (κ3) is 3.93. The summed E-state index contributed by atoms with van der Waals surface area (Å²) >= 11 is 0. The van der Waals surface area contributed by atoms with Crippen LogP contribution in [0.4, 0.5) is 4.39 Å². The fourth-order valence-corrected chi connectivity index (χ4v) is 4.37. The van der Waals surface area contributed by atoms with Gasteiger partial charge in [0.2, 0.25) is 5.88 Å². The van der Waals surface area contributed by atoms with E-state index in [9.17, 15) is 14.3 Å². The van der Waals surface area contributed by atoms with Crippen molar-refractivity contribution >= 4 is 0 Å². The molecule has 2 aliphatic heterocycles. The van der Waals surface area contributed by atoms with Gasteiger partial charge in [-0.25, -0.2) is 14.2 Å². The highest BCUT2D eigenvalue weighted by molar-refractivity contribution is 5.71. The van der Waals surface area contributed by atoms with Crippen LogP contribution < -0.4 is 15.7 Å². The monoisotopic (exact) mass is 438 g/mol. The number of alkyl halides is 1. The number of aryl methyl sites for hydroxylation is 1. The summed E-state index contributed by atoms with van der Waals surface area (Å²) in [5, 5.41) is 22.0. The molecule has 0 amide bonds. The number of phenols is 1. The molecule has 3 aromatic rings. The fraction of sp³-hybridized carbons (Fsp3) is 0.409. The predicted molar refractivity (Wildman–Crippen MR) is 114 cm³/mol. The molecule has 166 valence electrons. The number of nitrogens with one attached hydrogen (secondary N) is 1. The lowest BCUT2D eigenvalue weighted by molar-refractivity contribution is 0.00652. The molecule has 2 aliphatic rings. The normalized spacial score (nSPS) is 24.8. The van der Waals surface area contributed by atoms with Gasteiger partial charge in [0.05, 0.1) is 5.69 Å². The number of rotatable bonds is 4. The second-order valence-corrected chi connectivity index (χ2v) is 8.30. The van der Waals surface area contributed by atoms with Gasteiger partial charge in [-0.3, -0.25) is 4.57 Å². The number of piperidine rings is 2. The first kappa shape index (κ1) is 20.5. The van der Waals surface area contributed by atoms with E-state index in [1.807, 2.05) is 0 Å². The van der Waals surface area contributed by atoms with Crippen LogP contribution in [0.2, 0.25) is 0 Å². The fourth-order valence-electron chi connectivity index (χ4n) is 4.37. The second kappa shape index (κ2) is 8.27. The van der Waals surface area contributed by atoms with Gasteiger partial charge in [0.25, 0.3) is 0 Å². The van der Waals surface area contributed by atoms with Crippen LogP contribution in [0, 0.1) is 0 Å². The van der Waals surface area contributed by atoms with Gasteiger partial charge in [-0.05, 0) is 31.0 Å². The second-order valence-electron chi connectivity index (χ2n) is 8.30. The molecular formula is C22H23FN6O3. The molecule has 2 N–H and O–H groups in total. The Hall–Kier alpha value is -3.40. The molecule has 0 radical (unpaired) electrons. The molecule has 1 aromatic carbocycles. The number of hydrogen-bond donors (Lipinski definition) is 2. The molecule has 9 nitrogen and oxygen atoms in total. The number of hydrogen-bond acceptors (Lipinski definition) is 8. The molecule has 2 bridgehead atoms. The molecule has 10 heteroatoms. The minimum absolute atomic E-state index is 0.0512. The van der Waals surface area contributed by atoms with Crippen molar-refractivity contribution in [1.29, 1.82) is 0 Å². The standard InChI is InChI=1S/C22H23FN6O3/c1-29-11-24-21(26-22(29)31)12-5-6-14(17(30)9-12)15-7-8-19(28-27-15)32-18-10-13-3-2-4-16(25-13)20(18)23/h5-9,11,13,16,18,20,25,30H,2-4,10H2,1H3/t13-,16+,18-,20+/m1/s1. The Labute approximate surface area is 183 Å². The SMILES string of the molecule is Cn1cnc(-c2ccc(-c3ccc(O[C@@H]4C[C@H]5CCC[C@H](N5)[C@@H]4F)nn3)c(O)c2)nc1=O. The summed E-state index contributed by atoms with van der Waals surface area (Å²) in [4.78, 5) is 19.7. The minimum Gasteiger partial charge on any atom is -0.507 e. The van der Waals surface area contributed by atoms with Gasteiger partial charge in [0.1, 0.15) is 18.2 Å². The number of aromatic hydroxyl groups is 1. The van der Waals surface area contributed by atoms with Crippen molar-refractivity contribution in [2.24, 2.45) is 7.05 Å². The Morgan fingerprint density at radius 1 is 1.22 bits per heavy atom. The van der Waals surface area contributed by atoms with Crippen LogP contribution in [0.15, 0.2) is 41.5 Å². The molecule has 0 unspecified atom stereocenters. The van der Waals surface area contributed by atoms with Crippen LogP contribution in [0.3, 0.4) is 0 Å². The van der Waals surface area contributed by atoms with Crippen molar-refractivity contribution in [3.8, 4) is 34.3 Å². The zero-order valence-corrected chi connectivity index (χ0v) is 17.5. The minimum atomic E-state index is -1.08. The summed E-state index contributed by atoms with van der Waals surface area (Å²) in [7, 11) is 1.56. The van der Waals surface area contributed by atoms with Crippen molar-refractivity contribution < 1.29 is 14.2 Å². The van der Waals surface area contributed by atoms with Gasteiger partial charge < -0.3 is 15.2 Å². The van der Waals surface area contributed by atoms with Gasteiger partial charge in [0.15, 0.2) is 12.0 Å². The molecule has 4 heterocycles. The summed E-state index contributed by atoms with van der Waals surface area (Å²) in [5.74, 6) is 0.424. The van der Waals surface area contributed by atoms with E-state index in [2.05, 4.69) is 25.5 Å². The first-order valence-electron chi connectivity index (χ1n) is 10.6. The maximum atomic E-state index is 14.7. The highest BCUT2D eigenvalue weighted by Gasteiger charge is 2.41. The number of aromatic nitrogens is 5. The summed E-state index contributed by atoms with van der Waals surface area (Å²) in [5.41, 5.74) is 0.955. The summed E-state index contributed by atoms with van der Waals surface area (Å²) in [6.07, 6.45) is 3.25. The lowest BCUT2D eigenvalue weighted by Gasteiger charge is -2.42. The topological polar surface area (TPSA) is 115 Å². The van der Waals surface area contributed by atoms with Gasteiger partial charge in [-0.15, -0.1) is 10.2 Å². The van der Waals surface area contributed by atoms with Crippen LogP contribution in [-0.2, 0) is 7.05 Å². The third-order valence-corrected chi connectivity index (χ3v) is 6.07. The van der Waals surface area contributed by atoms with Gasteiger partial charge in [-0.2, -0.15) is 4.98 Å². The summed E-state index contributed by atoms with van der Waals surface area (Å²) in [6, 6.07) is 8.23. The summed E-state index contributed by atoms with van der Waals surface area (Å²) < 4.78 is 21.8. The maximum Gasteiger partial charge on any atom is 0.350 e. The summed E-state index contributed by atoms with van der Waals surface area (Å²) in [6.45, 7) is 0. The van der Waals surface area contributed by atoms with Crippen LogP contribution in [0.25, 0.3) is 22.6 Å². The predicted octanol–water partition coefficient (Wildman–Crippen LogP) is 2.00. The number of fused-ring (bicyclic) bond motifs is 2.